The molecule has 1 heterocycles. The fourth-order valence-corrected chi connectivity index (χ4v) is 4.09. The topological polar surface area (TPSA) is 97.6 Å². The molecule has 0 saturated carbocycles. The van der Waals surface area contributed by atoms with Crippen LogP contribution >= 0.6 is 0 Å². The van der Waals surface area contributed by atoms with Gasteiger partial charge in [0.15, 0.2) is 0 Å². The van der Waals surface area contributed by atoms with Gasteiger partial charge >= 0.3 is 5.97 Å². The molecule has 3 rings (SSSR count). The van der Waals surface area contributed by atoms with Crippen LogP contribution in [0.5, 0.6) is 0 Å². The number of amides is 2. The SMILES string of the molecule is CCOC(=O)c1cc2cc(NC(=O)C(/C=C(\C)c3ccccc3)C(=O)NC/C=C(\C)CCC=C(C)C)ccc2o1. The lowest BCUT2D eigenvalue weighted by atomic mass is 9.99. The van der Waals surface area contributed by atoms with Gasteiger partial charge in [0.25, 0.3) is 0 Å². The lowest BCUT2D eigenvalue weighted by molar-refractivity contribution is -0.130. The average Bonchev–Trinajstić information content (AvgIpc) is 3.35. The van der Waals surface area contributed by atoms with E-state index in [2.05, 4.69) is 30.6 Å². The molecule has 1 atom stereocenters. The Morgan fingerprint density at radius 3 is 2.40 bits per heavy atom. The number of benzene rings is 2. The van der Waals surface area contributed by atoms with Crippen molar-refractivity contribution in [2.45, 2.75) is 47.5 Å². The third kappa shape index (κ3) is 8.83. The Bertz CT molecular complexity index is 1430. The fourth-order valence-electron chi connectivity index (χ4n) is 4.09. The number of fused-ring (bicyclic) bond motifs is 1. The first-order chi connectivity index (χ1) is 19.2. The van der Waals surface area contributed by atoms with E-state index in [-0.39, 0.29) is 12.4 Å². The zero-order valence-electron chi connectivity index (χ0n) is 23.9. The van der Waals surface area contributed by atoms with Gasteiger partial charge in [0.1, 0.15) is 11.5 Å². The summed E-state index contributed by atoms with van der Waals surface area (Å²) >= 11 is 0. The highest BCUT2D eigenvalue weighted by molar-refractivity contribution is 6.09. The second-order valence-corrected chi connectivity index (χ2v) is 9.88. The molecule has 0 spiro atoms. The first-order valence-corrected chi connectivity index (χ1v) is 13.5. The summed E-state index contributed by atoms with van der Waals surface area (Å²) in [7, 11) is 0. The van der Waals surface area contributed by atoms with Crippen molar-refractivity contribution in [3.63, 3.8) is 0 Å². The van der Waals surface area contributed by atoms with E-state index in [9.17, 15) is 14.4 Å². The van der Waals surface area contributed by atoms with Crippen molar-refractivity contribution >= 4 is 40.0 Å². The molecule has 3 aromatic rings. The highest BCUT2D eigenvalue weighted by atomic mass is 16.5. The number of anilines is 1. The summed E-state index contributed by atoms with van der Waals surface area (Å²) in [5.41, 5.74) is 5.16. The fraction of sp³-hybridized carbons (Fsp3) is 0.303. The quantitative estimate of drug-likeness (QED) is 0.145. The minimum absolute atomic E-state index is 0.0863. The van der Waals surface area contributed by atoms with Crippen LogP contribution in [0.3, 0.4) is 0 Å². The van der Waals surface area contributed by atoms with Crippen molar-refractivity contribution in [2.24, 2.45) is 5.92 Å². The van der Waals surface area contributed by atoms with E-state index in [0.717, 1.165) is 24.0 Å². The summed E-state index contributed by atoms with van der Waals surface area (Å²) in [4.78, 5) is 38.7. The minimum Gasteiger partial charge on any atom is -0.460 e. The van der Waals surface area contributed by atoms with Crippen molar-refractivity contribution in [1.82, 2.24) is 5.32 Å². The molecule has 0 bridgehead atoms. The summed E-state index contributed by atoms with van der Waals surface area (Å²) in [6, 6.07) is 16.2. The Hall–Kier alpha value is -4.39. The summed E-state index contributed by atoms with van der Waals surface area (Å²) in [5.74, 6) is -2.39. The van der Waals surface area contributed by atoms with Gasteiger partial charge in [-0.25, -0.2) is 4.79 Å². The number of ether oxygens (including phenoxy) is 1. The molecule has 0 radical (unpaired) electrons. The smallest absolute Gasteiger partial charge is 0.374 e. The number of esters is 1. The molecule has 2 amide bonds. The van der Waals surface area contributed by atoms with Gasteiger partial charge in [-0.15, -0.1) is 0 Å². The van der Waals surface area contributed by atoms with Crippen molar-refractivity contribution < 1.29 is 23.5 Å². The van der Waals surface area contributed by atoms with Crippen molar-refractivity contribution in [3.8, 4) is 0 Å². The van der Waals surface area contributed by atoms with E-state index >= 15 is 0 Å². The number of allylic oxidation sites excluding steroid dienone is 4. The summed E-state index contributed by atoms with van der Waals surface area (Å²) < 4.78 is 10.6. The Morgan fingerprint density at radius 2 is 1.70 bits per heavy atom. The molecule has 0 aliphatic rings. The molecule has 210 valence electrons. The van der Waals surface area contributed by atoms with Crippen LogP contribution in [0.25, 0.3) is 16.5 Å². The predicted octanol–water partition coefficient (Wildman–Crippen LogP) is 7.08. The zero-order valence-corrected chi connectivity index (χ0v) is 23.9. The van der Waals surface area contributed by atoms with Crippen LogP contribution in [0.4, 0.5) is 5.69 Å². The maximum atomic E-state index is 13.4. The number of rotatable bonds is 12. The third-order valence-corrected chi connectivity index (χ3v) is 6.29. The van der Waals surface area contributed by atoms with Gasteiger partial charge in [-0.05, 0) is 82.9 Å². The minimum atomic E-state index is -1.06. The molecule has 1 aromatic heterocycles. The van der Waals surface area contributed by atoms with Gasteiger partial charge in [-0.1, -0.05) is 59.7 Å². The molecule has 0 aliphatic heterocycles. The lowest BCUT2D eigenvalue weighted by Gasteiger charge is -2.15. The predicted molar refractivity (Wildman–Crippen MR) is 160 cm³/mol. The number of hydrogen-bond acceptors (Lipinski definition) is 5. The van der Waals surface area contributed by atoms with Gasteiger partial charge in [-0.3, -0.25) is 9.59 Å². The zero-order chi connectivity index (χ0) is 29.1. The largest absolute Gasteiger partial charge is 0.460 e. The first-order valence-electron chi connectivity index (χ1n) is 13.5. The van der Waals surface area contributed by atoms with E-state index < -0.39 is 23.7 Å². The van der Waals surface area contributed by atoms with E-state index in [0.29, 0.717) is 23.2 Å². The summed E-state index contributed by atoms with van der Waals surface area (Å²) in [6.45, 7) is 10.4. The number of carbonyl (C=O) groups is 3. The molecule has 0 fully saturated rings. The van der Waals surface area contributed by atoms with E-state index in [1.54, 1.807) is 37.3 Å². The van der Waals surface area contributed by atoms with Gasteiger partial charge in [-0.2, -0.15) is 0 Å². The second kappa shape index (κ2) is 14.7. The molecule has 7 nitrogen and oxygen atoms in total. The van der Waals surface area contributed by atoms with Gasteiger partial charge in [0.05, 0.1) is 6.61 Å². The first kappa shape index (κ1) is 30.2. The molecular weight excluding hydrogens is 504 g/mol. The number of furan rings is 1. The molecule has 7 heteroatoms. The van der Waals surface area contributed by atoms with Crippen LogP contribution in [-0.2, 0) is 14.3 Å². The molecule has 2 aromatic carbocycles. The van der Waals surface area contributed by atoms with Crippen LogP contribution < -0.4 is 10.6 Å². The molecule has 40 heavy (non-hydrogen) atoms. The van der Waals surface area contributed by atoms with E-state index in [4.69, 9.17) is 9.15 Å². The maximum absolute atomic E-state index is 13.4. The summed E-state index contributed by atoms with van der Waals surface area (Å²) in [5, 5.41) is 6.37. The van der Waals surface area contributed by atoms with Gasteiger partial charge in [0, 0.05) is 17.6 Å². The Balaban J connectivity index is 1.78. The van der Waals surface area contributed by atoms with E-state index in [1.807, 2.05) is 50.3 Å². The molecular formula is C33H38N2O5. The molecule has 2 N–H and O–H groups in total. The third-order valence-electron chi connectivity index (χ3n) is 6.29. The van der Waals surface area contributed by atoms with Crippen LogP contribution in [0.1, 0.15) is 63.6 Å². The van der Waals surface area contributed by atoms with Crippen molar-refractivity contribution in [1.29, 1.82) is 0 Å². The Labute approximate surface area is 236 Å². The second-order valence-electron chi connectivity index (χ2n) is 9.88. The highest BCUT2D eigenvalue weighted by Crippen LogP contribution is 2.25. The van der Waals surface area contributed by atoms with Gasteiger partial charge in [0.2, 0.25) is 17.6 Å². The van der Waals surface area contributed by atoms with E-state index in [1.165, 1.54) is 11.1 Å². The van der Waals surface area contributed by atoms with Crippen LogP contribution in [0.2, 0.25) is 0 Å². The molecule has 0 saturated heterocycles. The van der Waals surface area contributed by atoms with Gasteiger partial charge < -0.3 is 19.8 Å². The van der Waals surface area contributed by atoms with Crippen LogP contribution in [0, 0.1) is 5.92 Å². The molecule has 0 aliphatic carbocycles. The summed E-state index contributed by atoms with van der Waals surface area (Å²) in [6.07, 6.45) is 7.71. The highest BCUT2D eigenvalue weighted by Gasteiger charge is 2.25. The number of nitrogens with one attached hydrogen (secondary N) is 2. The molecule has 1 unspecified atom stereocenters. The monoisotopic (exact) mass is 542 g/mol. The standard InChI is InChI=1S/C33H38N2O5/c1-6-39-33(38)30-21-26-20-27(15-16-29(26)40-30)35-32(37)28(19-24(5)25-13-8-7-9-14-25)31(36)34-18-17-23(4)12-10-11-22(2)3/h7-9,11,13-17,19-21,28H,6,10,12,18H2,1-5H3,(H,34,36)(H,35,37)/b23-17+,24-19+. The van der Waals surface area contributed by atoms with Crippen LogP contribution in [-0.4, -0.2) is 30.9 Å². The number of hydrogen-bond donors (Lipinski definition) is 2. The van der Waals surface area contributed by atoms with Crippen molar-refractivity contribution in [3.05, 3.63) is 95.3 Å². The lowest BCUT2D eigenvalue weighted by Crippen LogP contribution is -2.37. The van der Waals surface area contributed by atoms with Crippen LogP contribution in [0.15, 0.2) is 88.4 Å². The van der Waals surface area contributed by atoms with Crippen molar-refractivity contribution in [2.75, 3.05) is 18.5 Å². The Morgan fingerprint density at radius 1 is 0.950 bits per heavy atom. The average molecular weight is 543 g/mol. The maximum Gasteiger partial charge on any atom is 0.374 e. The Kier molecular flexibility index (Phi) is 11.1. The number of carbonyl (C=O) groups excluding carboxylic acids is 3. The normalized spacial score (nSPS) is 12.5.